The number of thioether (sulfide) groups is 1. The molecule has 9 nitrogen and oxygen atoms in total. The SMILES string of the molecule is Cc1nnnn1CCSC1=C(C(=O)O)N2C(=O)[C@@H]([C@H](C)O)[C@H]2C1. The number of nitrogens with zero attached hydrogens (tertiary/aromatic N) is 5. The quantitative estimate of drug-likeness (QED) is 0.673. The first kappa shape index (κ1) is 15.9. The second-order valence-electron chi connectivity index (χ2n) is 5.62. The Morgan fingerprint density at radius 2 is 2.26 bits per heavy atom. The van der Waals surface area contributed by atoms with E-state index in [9.17, 15) is 19.8 Å². The molecule has 10 heteroatoms. The van der Waals surface area contributed by atoms with Gasteiger partial charge >= 0.3 is 5.97 Å². The van der Waals surface area contributed by atoms with Gasteiger partial charge in [-0.15, -0.1) is 16.9 Å². The largest absolute Gasteiger partial charge is 0.477 e. The highest BCUT2D eigenvalue weighted by molar-refractivity contribution is 8.03. The van der Waals surface area contributed by atoms with Gasteiger partial charge in [-0.1, -0.05) is 0 Å². The number of aliphatic hydroxyl groups is 1. The number of carboxylic acids is 1. The van der Waals surface area contributed by atoms with Crippen LogP contribution in [0.3, 0.4) is 0 Å². The molecule has 1 fully saturated rings. The Kier molecular flexibility index (Phi) is 4.11. The first-order valence-corrected chi connectivity index (χ1v) is 8.23. The summed E-state index contributed by atoms with van der Waals surface area (Å²) in [6.45, 7) is 3.91. The number of carboxylic acid groups (broad SMARTS) is 1. The van der Waals surface area contributed by atoms with Crippen LogP contribution in [0.15, 0.2) is 10.6 Å². The van der Waals surface area contributed by atoms with Crippen LogP contribution in [0, 0.1) is 12.8 Å². The smallest absolute Gasteiger partial charge is 0.353 e. The molecule has 1 amide bonds. The minimum absolute atomic E-state index is 0.0512. The molecule has 0 radical (unpaired) electrons. The number of tetrazole rings is 1. The van der Waals surface area contributed by atoms with E-state index in [0.717, 1.165) is 0 Å². The average Bonchev–Trinajstić information content (AvgIpc) is 3.01. The molecule has 2 N–H and O–H groups in total. The van der Waals surface area contributed by atoms with E-state index < -0.39 is 18.0 Å². The van der Waals surface area contributed by atoms with Crippen LogP contribution in [0.5, 0.6) is 0 Å². The summed E-state index contributed by atoms with van der Waals surface area (Å²) in [7, 11) is 0. The monoisotopic (exact) mass is 339 g/mol. The number of carbonyl (C=O) groups is 2. The zero-order valence-corrected chi connectivity index (χ0v) is 13.5. The topological polar surface area (TPSA) is 121 Å². The predicted octanol–water partition coefficient (Wildman–Crippen LogP) is -0.378. The van der Waals surface area contributed by atoms with Gasteiger partial charge in [0.25, 0.3) is 0 Å². The average molecular weight is 339 g/mol. The van der Waals surface area contributed by atoms with Gasteiger partial charge in [-0.05, 0) is 24.3 Å². The molecule has 1 aromatic rings. The molecule has 0 saturated carbocycles. The molecule has 0 spiro atoms. The van der Waals surface area contributed by atoms with Gasteiger partial charge in [-0.3, -0.25) is 4.79 Å². The lowest BCUT2D eigenvalue weighted by molar-refractivity contribution is -0.161. The Bertz CT molecular complexity index is 686. The molecule has 0 bridgehead atoms. The zero-order valence-electron chi connectivity index (χ0n) is 12.7. The number of amides is 1. The number of aliphatic hydroxyl groups excluding tert-OH is 1. The normalized spacial score (nSPS) is 24.7. The van der Waals surface area contributed by atoms with Gasteiger partial charge in [-0.25, -0.2) is 9.48 Å². The summed E-state index contributed by atoms with van der Waals surface area (Å²) in [5.41, 5.74) is 0.0512. The van der Waals surface area contributed by atoms with Crippen molar-refractivity contribution in [3.63, 3.8) is 0 Å². The molecule has 2 aliphatic heterocycles. The van der Waals surface area contributed by atoms with Crippen molar-refractivity contribution in [2.24, 2.45) is 5.92 Å². The summed E-state index contributed by atoms with van der Waals surface area (Å²) in [6.07, 6.45) is -0.297. The lowest BCUT2D eigenvalue weighted by Crippen LogP contribution is -2.61. The molecule has 1 aromatic heterocycles. The lowest BCUT2D eigenvalue weighted by Gasteiger charge is -2.44. The lowest BCUT2D eigenvalue weighted by atomic mass is 9.83. The molecular formula is C13H17N5O4S. The second kappa shape index (κ2) is 5.93. The molecule has 2 aliphatic rings. The number of carbonyl (C=O) groups excluding carboxylic acids is 1. The van der Waals surface area contributed by atoms with E-state index in [1.54, 1.807) is 18.5 Å². The Hall–Kier alpha value is -1.94. The van der Waals surface area contributed by atoms with Crippen molar-refractivity contribution in [1.82, 2.24) is 25.1 Å². The molecule has 124 valence electrons. The number of aryl methyl sites for hydroxylation is 2. The number of aromatic nitrogens is 4. The maximum Gasteiger partial charge on any atom is 0.353 e. The summed E-state index contributed by atoms with van der Waals surface area (Å²) >= 11 is 1.40. The zero-order chi connectivity index (χ0) is 16.7. The fourth-order valence-electron chi connectivity index (χ4n) is 3.07. The molecule has 0 aromatic carbocycles. The summed E-state index contributed by atoms with van der Waals surface area (Å²) in [5.74, 6) is -0.631. The minimum Gasteiger partial charge on any atom is -0.477 e. The standard InChI is InChI=1S/C13H17N5O4S/c1-6(19)10-8-5-9(11(13(21)22)18(8)12(10)20)23-4-3-17-7(2)14-15-16-17/h6,8,10,19H,3-5H2,1-2H3,(H,21,22)/t6-,8+,10-/m0/s1. The van der Waals surface area contributed by atoms with Gasteiger partial charge in [-0.2, -0.15) is 0 Å². The molecule has 23 heavy (non-hydrogen) atoms. The first-order valence-electron chi connectivity index (χ1n) is 7.25. The van der Waals surface area contributed by atoms with Gasteiger partial charge in [0, 0.05) is 17.1 Å². The fourth-order valence-corrected chi connectivity index (χ4v) is 4.19. The van der Waals surface area contributed by atoms with Crippen LogP contribution in [0.25, 0.3) is 0 Å². The molecular weight excluding hydrogens is 322 g/mol. The van der Waals surface area contributed by atoms with Gasteiger partial charge in [0.05, 0.1) is 24.6 Å². The third kappa shape index (κ3) is 2.61. The van der Waals surface area contributed by atoms with Crippen molar-refractivity contribution in [2.45, 2.75) is 39.0 Å². The van der Waals surface area contributed by atoms with E-state index in [-0.39, 0.29) is 17.6 Å². The van der Waals surface area contributed by atoms with E-state index in [2.05, 4.69) is 15.5 Å². The van der Waals surface area contributed by atoms with Gasteiger partial charge in [0.2, 0.25) is 5.91 Å². The summed E-state index contributed by atoms with van der Waals surface area (Å²) < 4.78 is 1.64. The van der Waals surface area contributed by atoms with Crippen LogP contribution in [0.4, 0.5) is 0 Å². The van der Waals surface area contributed by atoms with Crippen LogP contribution in [-0.4, -0.2) is 65.1 Å². The predicted molar refractivity (Wildman–Crippen MR) is 80.1 cm³/mol. The number of β-lactam (4-membered cyclic amide) rings is 1. The number of hydrogen-bond acceptors (Lipinski definition) is 7. The van der Waals surface area contributed by atoms with Crippen molar-refractivity contribution in [2.75, 3.05) is 5.75 Å². The van der Waals surface area contributed by atoms with Crippen molar-refractivity contribution in [3.8, 4) is 0 Å². The van der Waals surface area contributed by atoms with Crippen LogP contribution >= 0.6 is 11.8 Å². The Balaban J connectivity index is 1.70. The highest BCUT2D eigenvalue weighted by Crippen LogP contribution is 2.46. The van der Waals surface area contributed by atoms with Crippen molar-refractivity contribution in [3.05, 3.63) is 16.4 Å². The van der Waals surface area contributed by atoms with Crippen molar-refractivity contribution >= 4 is 23.6 Å². The minimum atomic E-state index is -1.11. The van der Waals surface area contributed by atoms with E-state index in [1.165, 1.54) is 16.7 Å². The molecule has 1 saturated heterocycles. The number of aliphatic carboxylic acids is 1. The number of rotatable bonds is 6. The number of hydrogen-bond donors (Lipinski definition) is 2. The second-order valence-corrected chi connectivity index (χ2v) is 6.81. The van der Waals surface area contributed by atoms with E-state index in [1.807, 2.05) is 0 Å². The highest BCUT2D eigenvalue weighted by atomic mass is 32.2. The van der Waals surface area contributed by atoms with Crippen LogP contribution in [0.1, 0.15) is 19.2 Å². The molecule has 3 atom stereocenters. The van der Waals surface area contributed by atoms with Crippen molar-refractivity contribution < 1.29 is 19.8 Å². The van der Waals surface area contributed by atoms with E-state index in [4.69, 9.17) is 0 Å². The van der Waals surface area contributed by atoms with E-state index >= 15 is 0 Å². The maximum absolute atomic E-state index is 12.1. The third-order valence-corrected chi connectivity index (χ3v) is 5.28. The van der Waals surface area contributed by atoms with Gasteiger partial charge < -0.3 is 15.1 Å². The summed E-state index contributed by atoms with van der Waals surface area (Å²) in [6, 6.07) is -0.245. The van der Waals surface area contributed by atoms with Gasteiger partial charge in [0.15, 0.2) is 0 Å². The van der Waals surface area contributed by atoms with Gasteiger partial charge in [0.1, 0.15) is 11.5 Å². The third-order valence-electron chi connectivity index (χ3n) is 4.18. The molecule has 3 heterocycles. The first-order chi connectivity index (χ1) is 10.9. The van der Waals surface area contributed by atoms with Crippen LogP contribution < -0.4 is 0 Å². The molecule has 0 unspecified atom stereocenters. The van der Waals surface area contributed by atoms with Crippen molar-refractivity contribution in [1.29, 1.82) is 0 Å². The Morgan fingerprint density at radius 3 is 2.83 bits per heavy atom. The van der Waals surface area contributed by atoms with Crippen LogP contribution in [0.2, 0.25) is 0 Å². The Labute approximate surface area is 136 Å². The van der Waals surface area contributed by atoms with E-state index in [0.29, 0.717) is 29.4 Å². The molecule has 3 rings (SSSR count). The van der Waals surface area contributed by atoms with Crippen LogP contribution in [-0.2, 0) is 16.1 Å². The number of fused-ring (bicyclic) bond motifs is 1. The summed E-state index contributed by atoms with van der Waals surface area (Å²) in [5, 5.41) is 30.3. The fraction of sp³-hybridized carbons (Fsp3) is 0.615. The molecule has 0 aliphatic carbocycles. The maximum atomic E-state index is 12.1. The highest BCUT2D eigenvalue weighted by Gasteiger charge is 2.56. The summed E-state index contributed by atoms with van der Waals surface area (Å²) in [4.78, 5) is 25.6. The Morgan fingerprint density at radius 1 is 1.52 bits per heavy atom.